The zero-order valence-corrected chi connectivity index (χ0v) is 15.1. The van der Waals surface area contributed by atoms with E-state index in [1.165, 1.54) is 0 Å². The molecule has 2 aromatic rings. The summed E-state index contributed by atoms with van der Waals surface area (Å²) < 4.78 is 11.3. The summed E-state index contributed by atoms with van der Waals surface area (Å²) in [6.07, 6.45) is -0.253. The van der Waals surface area contributed by atoms with Crippen molar-refractivity contribution < 1.29 is 14.3 Å². The third-order valence-electron chi connectivity index (χ3n) is 4.37. The molecule has 1 amide bonds. The molecule has 5 nitrogen and oxygen atoms in total. The van der Waals surface area contributed by atoms with Crippen molar-refractivity contribution >= 4 is 11.6 Å². The lowest BCUT2D eigenvalue weighted by molar-refractivity contribution is 0.0734. The third kappa shape index (κ3) is 3.14. The minimum atomic E-state index is -0.253. The van der Waals surface area contributed by atoms with Gasteiger partial charge in [0, 0.05) is 12.7 Å². The van der Waals surface area contributed by atoms with Crippen LogP contribution in [0.15, 0.2) is 36.4 Å². The monoisotopic (exact) mass is 340 g/mol. The molecule has 25 heavy (non-hydrogen) atoms. The average Bonchev–Trinajstić information content (AvgIpc) is 2.60. The zero-order valence-electron chi connectivity index (χ0n) is 15.1. The first kappa shape index (κ1) is 17.1. The Bertz CT molecular complexity index is 789. The van der Waals surface area contributed by atoms with E-state index in [9.17, 15) is 4.79 Å². The number of nitrogens with one attached hydrogen (secondary N) is 1. The summed E-state index contributed by atoms with van der Waals surface area (Å²) in [7, 11) is 1.81. The molecule has 0 aromatic heterocycles. The summed E-state index contributed by atoms with van der Waals surface area (Å²) in [5, 5.41) is 3.46. The Kier molecular flexibility index (Phi) is 4.83. The molecule has 0 spiro atoms. The van der Waals surface area contributed by atoms with Gasteiger partial charge in [-0.25, -0.2) is 0 Å². The Hall–Kier alpha value is -2.69. The van der Waals surface area contributed by atoms with Crippen LogP contribution >= 0.6 is 0 Å². The first-order chi connectivity index (χ1) is 12.1. The molecule has 0 fully saturated rings. The lowest BCUT2D eigenvalue weighted by atomic mass is 10.00. The standard InChI is InChI=1S/C20H24N2O3/c1-5-24-16-11-10-14(12-17(16)25-6-2)19-21-15-9-7-8-13(3)18(15)20(23)22(19)4/h7-12,19,21H,5-6H2,1-4H3. The van der Waals surface area contributed by atoms with Crippen LogP contribution in [0.1, 0.15) is 41.5 Å². The topological polar surface area (TPSA) is 50.8 Å². The maximum atomic E-state index is 12.8. The summed E-state index contributed by atoms with van der Waals surface area (Å²) in [6, 6.07) is 11.7. The maximum Gasteiger partial charge on any atom is 0.257 e. The SMILES string of the molecule is CCOc1ccc(C2Nc3cccc(C)c3C(=O)N2C)cc1OCC. The molecule has 1 heterocycles. The number of hydrogen-bond acceptors (Lipinski definition) is 4. The van der Waals surface area contributed by atoms with Gasteiger partial charge in [0.1, 0.15) is 6.17 Å². The highest BCUT2D eigenvalue weighted by Crippen LogP contribution is 2.37. The minimum Gasteiger partial charge on any atom is -0.490 e. The van der Waals surface area contributed by atoms with Crippen LogP contribution in [0.4, 0.5) is 5.69 Å². The van der Waals surface area contributed by atoms with Crippen molar-refractivity contribution in [2.75, 3.05) is 25.6 Å². The zero-order chi connectivity index (χ0) is 18.0. The second-order valence-corrected chi connectivity index (χ2v) is 6.03. The number of carbonyl (C=O) groups excluding carboxylic acids is 1. The van der Waals surface area contributed by atoms with Gasteiger partial charge in [0.2, 0.25) is 0 Å². The van der Waals surface area contributed by atoms with Crippen LogP contribution in [0.25, 0.3) is 0 Å². The molecule has 1 aliphatic heterocycles. The van der Waals surface area contributed by atoms with Crippen LogP contribution in [0.5, 0.6) is 11.5 Å². The Labute approximate surface area is 148 Å². The number of aryl methyl sites for hydroxylation is 1. The highest BCUT2D eigenvalue weighted by molar-refractivity contribution is 6.02. The van der Waals surface area contributed by atoms with Crippen molar-refractivity contribution in [3.05, 3.63) is 53.1 Å². The predicted octanol–water partition coefficient (Wildman–Crippen LogP) is 3.99. The van der Waals surface area contributed by atoms with E-state index in [2.05, 4.69) is 5.32 Å². The van der Waals surface area contributed by atoms with Gasteiger partial charge in [-0.1, -0.05) is 18.2 Å². The number of hydrogen-bond donors (Lipinski definition) is 1. The molecule has 132 valence electrons. The first-order valence-corrected chi connectivity index (χ1v) is 8.59. The normalized spacial score (nSPS) is 16.2. The molecule has 1 aliphatic rings. The average molecular weight is 340 g/mol. The smallest absolute Gasteiger partial charge is 0.257 e. The lowest BCUT2D eigenvalue weighted by Crippen LogP contribution is -2.40. The first-order valence-electron chi connectivity index (χ1n) is 8.59. The van der Waals surface area contributed by atoms with Crippen molar-refractivity contribution in [3.8, 4) is 11.5 Å². The number of benzene rings is 2. The van der Waals surface area contributed by atoms with Gasteiger partial charge in [-0.2, -0.15) is 0 Å². The van der Waals surface area contributed by atoms with Gasteiger partial charge in [0.05, 0.1) is 18.8 Å². The number of ether oxygens (including phenoxy) is 2. The summed E-state index contributed by atoms with van der Waals surface area (Å²) in [6.45, 7) is 6.97. The quantitative estimate of drug-likeness (QED) is 0.894. The molecule has 0 saturated heterocycles. The molecule has 1 unspecified atom stereocenters. The number of carbonyl (C=O) groups is 1. The number of anilines is 1. The van der Waals surface area contributed by atoms with Gasteiger partial charge in [-0.15, -0.1) is 0 Å². The van der Waals surface area contributed by atoms with E-state index in [0.717, 1.165) is 22.4 Å². The summed E-state index contributed by atoms with van der Waals surface area (Å²) in [5.74, 6) is 1.43. The summed E-state index contributed by atoms with van der Waals surface area (Å²) >= 11 is 0. The highest BCUT2D eigenvalue weighted by Gasteiger charge is 2.31. The van der Waals surface area contributed by atoms with E-state index < -0.39 is 0 Å². The largest absolute Gasteiger partial charge is 0.490 e. The number of rotatable bonds is 5. The maximum absolute atomic E-state index is 12.8. The van der Waals surface area contributed by atoms with E-state index in [4.69, 9.17) is 9.47 Å². The number of nitrogens with zero attached hydrogens (tertiary/aromatic N) is 1. The summed E-state index contributed by atoms with van der Waals surface area (Å²) in [4.78, 5) is 14.6. The van der Waals surface area contributed by atoms with Crippen molar-refractivity contribution in [3.63, 3.8) is 0 Å². The lowest BCUT2D eigenvalue weighted by Gasteiger charge is -2.36. The van der Waals surface area contributed by atoms with Gasteiger partial charge < -0.3 is 19.7 Å². The second kappa shape index (κ2) is 7.05. The molecule has 2 aromatic carbocycles. The Morgan fingerprint density at radius 3 is 2.52 bits per heavy atom. The van der Waals surface area contributed by atoms with Crippen molar-refractivity contribution in [1.82, 2.24) is 4.90 Å². The third-order valence-corrected chi connectivity index (χ3v) is 4.37. The molecule has 0 aliphatic carbocycles. The fourth-order valence-electron chi connectivity index (χ4n) is 3.15. The second-order valence-electron chi connectivity index (χ2n) is 6.03. The van der Waals surface area contributed by atoms with Crippen LogP contribution < -0.4 is 14.8 Å². The van der Waals surface area contributed by atoms with Crippen molar-refractivity contribution in [2.24, 2.45) is 0 Å². The van der Waals surface area contributed by atoms with Gasteiger partial charge >= 0.3 is 0 Å². The van der Waals surface area contributed by atoms with Gasteiger partial charge in [-0.05, 0) is 50.1 Å². The van der Waals surface area contributed by atoms with Crippen molar-refractivity contribution in [2.45, 2.75) is 26.9 Å². The van der Waals surface area contributed by atoms with E-state index in [0.29, 0.717) is 24.7 Å². The number of amides is 1. The van der Waals surface area contributed by atoms with Crippen LogP contribution in [0, 0.1) is 6.92 Å². The molecular formula is C20H24N2O3. The fourth-order valence-corrected chi connectivity index (χ4v) is 3.15. The minimum absolute atomic E-state index is 0.0173. The molecule has 3 rings (SSSR count). The molecular weight excluding hydrogens is 316 g/mol. The Morgan fingerprint density at radius 2 is 1.80 bits per heavy atom. The van der Waals surface area contributed by atoms with E-state index in [1.807, 2.05) is 64.2 Å². The van der Waals surface area contributed by atoms with Crippen LogP contribution in [-0.4, -0.2) is 31.1 Å². The summed E-state index contributed by atoms with van der Waals surface area (Å²) in [5.41, 5.74) is 3.52. The Morgan fingerprint density at radius 1 is 1.08 bits per heavy atom. The van der Waals surface area contributed by atoms with Crippen LogP contribution in [-0.2, 0) is 0 Å². The van der Waals surface area contributed by atoms with Gasteiger partial charge in [0.15, 0.2) is 11.5 Å². The van der Waals surface area contributed by atoms with Crippen LogP contribution in [0.2, 0.25) is 0 Å². The highest BCUT2D eigenvalue weighted by atomic mass is 16.5. The molecule has 0 bridgehead atoms. The van der Waals surface area contributed by atoms with E-state index in [1.54, 1.807) is 4.90 Å². The molecule has 1 N–H and O–H groups in total. The van der Waals surface area contributed by atoms with E-state index >= 15 is 0 Å². The van der Waals surface area contributed by atoms with Gasteiger partial charge in [-0.3, -0.25) is 4.79 Å². The molecule has 0 radical (unpaired) electrons. The molecule has 1 atom stereocenters. The van der Waals surface area contributed by atoms with Crippen LogP contribution in [0.3, 0.4) is 0 Å². The predicted molar refractivity (Wildman–Crippen MR) is 98.4 cm³/mol. The fraction of sp³-hybridized carbons (Fsp3) is 0.350. The van der Waals surface area contributed by atoms with E-state index in [-0.39, 0.29) is 12.1 Å². The Balaban J connectivity index is 1.99. The number of fused-ring (bicyclic) bond motifs is 1. The van der Waals surface area contributed by atoms with Gasteiger partial charge in [0.25, 0.3) is 5.91 Å². The molecule has 0 saturated carbocycles. The van der Waals surface area contributed by atoms with Crippen molar-refractivity contribution in [1.29, 1.82) is 0 Å². The molecule has 5 heteroatoms.